The highest BCUT2D eigenvalue weighted by molar-refractivity contribution is 14.0. The zero-order valence-electron chi connectivity index (χ0n) is 18.1. The van der Waals surface area contributed by atoms with Crippen LogP contribution in [0.1, 0.15) is 12.7 Å². The SMILES string of the molecule is CCc1nncn1CCNC(=NCC(=O)N(C)C)N(C)CCOc1ccccc1.I. The molecule has 9 nitrogen and oxygen atoms in total. The van der Waals surface area contributed by atoms with E-state index in [4.69, 9.17) is 4.74 Å². The summed E-state index contributed by atoms with van der Waals surface area (Å²) >= 11 is 0. The molecule has 0 bridgehead atoms. The Labute approximate surface area is 195 Å². The van der Waals surface area contributed by atoms with Gasteiger partial charge in [-0.2, -0.15) is 0 Å². The largest absolute Gasteiger partial charge is 0.492 e. The molecule has 0 atom stereocenters. The minimum absolute atomic E-state index is 0. The molecule has 1 aromatic heterocycles. The molecule has 1 heterocycles. The van der Waals surface area contributed by atoms with Crippen LogP contribution >= 0.6 is 24.0 Å². The monoisotopic (exact) mass is 529 g/mol. The van der Waals surface area contributed by atoms with Gasteiger partial charge in [-0.3, -0.25) is 4.79 Å². The average Bonchev–Trinajstić information content (AvgIpc) is 3.18. The maximum atomic E-state index is 11.9. The molecule has 2 aromatic rings. The lowest BCUT2D eigenvalue weighted by molar-refractivity contribution is -0.127. The smallest absolute Gasteiger partial charge is 0.243 e. The van der Waals surface area contributed by atoms with Gasteiger partial charge < -0.3 is 24.4 Å². The second-order valence-corrected chi connectivity index (χ2v) is 6.73. The molecule has 0 saturated heterocycles. The number of nitrogens with one attached hydrogen (secondary N) is 1. The van der Waals surface area contributed by atoms with Gasteiger partial charge in [0.25, 0.3) is 0 Å². The molecular weight excluding hydrogens is 497 g/mol. The van der Waals surface area contributed by atoms with Gasteiger partial charge in [0.15, 0.2) is 5.96 Å². The van der Waals surface area contributed by atoms with Crippen molar-refractivity contribution in [1.82, 2.24) is 29.9 Å². The van der Waals surface area contributed by atoms with Crippen molar-refractivity contribution in [3.05, 3.63) is 42.5 Å². The summed E-state index contributed by atoms with van der Waals surface area (Å²) in [5, 5.41) is 11.4. The predicted octanol–water partition coefficient (Wildman–Crippen LogP) is 1.50. The number of ether oxygens (including phenoxy) is 1. The van der Waals surface area contributed by atoms with Gasteiger partial charge >= 0.3 is 0 Å². The summed E-state index contributed by atoms with van der Waals surface area (Å²) in [6, 6.07) is 9.68. The Kier molecular flexibility index (Phi) is 11.8. The molecule has 10 heteroatoms. The summed E-state index contributed by atoms with van der Waals surface area (Å²) in [6.45, 7) is 4.63. The standard InChI is InChI=1S/C20H31N7O2.HI/c1-5-18-24-23-16-27(18)12-11-21-20(22-15-19(28)25(2)3)26(4)13-14-29-17-9-7-6-8-10-17;/h6-10,16H,5,11-15H2,1-4H3,(H,21,22);1H. The van der Waals surface area contributed by atoms with Crippen LogP contribution in [0.15, 0.2) is 41.7 Å². The van der Waals surface area contributed by atoms with Crippen molar-refractivity contribution in [1.29, 1.82) is 0 Å². The Bertz CT molecular complexity index is 780. The number of halogens is 1. The number of guanidine groups is 1. The van der Waals surface area contributed by atoms with E-state index in [-0.39, 0.29) is 36.4 Å². The molecule has 1 amide bonds. The van der Waals surface area contributed by atoms with Crippen LogP contribution in [0, 0.1) is 0 Å². The fourth-order valence-electron chi connectivity index (χ4n) is 2.55. The summed E-state index contributed by atoms with van der Waals surface area (Å²) in [6.07, 6.45) is 2.55. The van der Waals surface area contributed by atoms with E-state index in [1.54, 1.807) is 20.4 Å². The van der Waals surface area contributed by atoms with Crippen molar-refractivity contribution in [3.63, 3.8) is 0 Å². The number of aliphatic imine (C=N–C) groups is 1. The number of carbonyl (C=O) groups is 1. The van der Waals surface area contributed by atoms with E-state index >= 15 is 0 Å². The predicted molar refractivity (Wildman–Crippen MR) is 128 cm³/mol. The third-order valence-corrected chi connectivity index (χ3v) is 4.31. The lowest BCUT2D eigenvalue weighted by Crippen LogP contribution is -2.42. The number of aryl methyl sites for hydroxylation is 1. The maximum Gasteiger partial charge on any atom is 0.243 e. The Morgan fingerprint density at radius 3 is 2.63 bits per heavy atom. The van der Waals surface area contributed by atoms with Crippen molar-refractivity contribution in [3.8, 4) is 5.75 Å². The van der Waals surface area contributed by atoms with Gasteiger partial charge in [-0.25, -0.2) is 4.99 Å². The molecule has 0 saturated carbocycles. The maximum absolute atomic E-state index is 11.9. The second kappa shape index (κ2) is 13.8. The summed E-state index contributed by atoms with van der Waals surface area (Å²) in [4.78, 5) is 19.9. The molecule has 0 unspecified atom stereocenters. The fourth-order valence-corrected chi connectivity index (χ4v) is 2.55. The van der Waals surface area contributed by atoms with E-state index in [1.807, 2.05) is 53.8 Å². The molecule has 166 valence electrons. The summed E-state index contributed by atoms with van der Waals surface area (Å²) in [7, 11) is 5.37. The molecule has 1 aromatic carbocycles. The minimum atomic E-state index is -0.0506. The minimum Gasteiger partial charge on any atom is -0.492 e. The normalized spacial score (nSPS) is 10.9. The Morgan fingerprint density at radius 1 is 1.23 bits per heavy atom. The quantitative estimate of drug-likeness (QED) is 0.285. The number of carbonyl (C=O) groups excluding carboxylic acids is 1. The van der Waals surface area contributed by atoms with Crippen LogP contribution < -0.4 is 10.1 Å². The van der Waals surface area contributed by atoms with E-state index in [1.165, 1.54) is 4.90 Å². The zero-order chi connectivity index (χ0) is 21.1. The Morgan fingerprint density at radius 2 is 1.97 bits per heavy atom. The van der Waals surface area contributed by atoms with Crippen molar-refractivity contribution in [2.45, 2.75) is 19.9 Å². The van der Waals surface area contributed by atoms with E-state index in [2.05, 4.69) is 20.5 Å². The molecular formula is C20H32IN7O2. The number of amides is 1. The summed E-state index contributed by atoms with van der Waals surface area (Å²) in [5.74, 6) is 2.38. The third kappa shape index (κ3) is 8.56. The van der Waals surface area contributed by atoms with E-state index < -0.39 is 0 Å². The van der Waals surface area contributed by atoms with Crippen LogP contribution in [-0.4, -0.2) is 83.8 Å². The van der Waals surface area contributed by atoms with Crippen LogP contribution in [-0.2, 0) is 17.8 Å². The van der Waals surface area contributed by atoms with Crippen molar-refractivity contribution in [2.75, 3.05) is 47.4 Å². The van der Waals surface area contributed by atoms with Gasteiger partial charge in [-0.05, 0) is 12.1 Å². The molecule has 2 rings (SSSR count). The van der Waals surface area contributed by atoms with Crippen LogP contribution in [0.2, 0.25) is 0 Å². The van der Waals surface area contributed by atoms with Gasteiger partial charge in [0.1, 0.15) is 31.1 Å². The number of hydrogen-bond acceptors (Lipinski definition) is 5. The molecule has 1 N–H and O–H groups in total. The van der Waals surface area contributed by atoms with Crippen molar-refractivity contribution < 1.29 is 9.53 Å². The number of hydrogen-bond donors (Lipinski definition) is 1. The Balaban J connectivity index is 0.00000450. The lowest BCUT2D eigenvalue weighted by Gasteiger charge is -2.23. The number of para-hydroxylation sites is 1. The number of nitrogens with zero attached hydrogens (tertiary/aromatic N) is 6. The number of aromatic nitrogens is 3. The summed E-state index contributed by atoms with van der Waals surface area (Å²) in [5.41, 5.74) is 0. The van der Waals surface area contributed by atoms with Gasteiger partial charge in [0.2, 0.25) is 5.91 Å². The highest BCUT2D eigenvalue weighted by atomic mass is 127. The second-order valence-electron chi connectivity index (χ2n) is 6.73. The lowest BCUT2D eigenvalue weighted by atomic mass is 10.3. The fraction of sp³-hybridized carbons (Fsp3) is 0.500. The molecule has 0 radical (unpaired) electrons. The first-order valence-corrected chi connectivity index (χ1v) is 9.75. The van der Waals surface area contributed by atoms with Crippen LogP contribution in [0.4, 0.5) is 0 Å². The molecule has 0 spiro atoms. The van der Waals surface area contributed by atoms with E-state index in [9.17, 15) is 4.79 Å². The number of benzene rings is 1. The first-order valence-electron chi connectivity index (χ1n) is 9.75. The van der Waals surface area contributed by atoms with Crippen LogP contribution in [0.3, 0.4) is 0 Å². The molecule has 0 aliphatic rings. The summed E-state index contributed by atoms with van der Waals surface area (Å²) < 4.78 is 7.77. The van der Waals surface area contributed by atoms with E-state index in [0.29, 0.717) is 32.2 Å². The highest BCUT2D eigenvalue weighted by Gasteiger charge is 2.10. The van der Waals surface area contributed by atoms with Gasteiger partial charge in [-0.1, -0.05) is 25.1 Å². The Hall–Kier alpha value is -2.37. The highest BCUT2D eigenvalue weighted by Crippen LogP contribution is 2.07. The zero-order valence-corrected chi connectivity index (χ0v) is 20.4. The molecule has 0 aliphatic heterocycles. The molecule has 0 fully saturated rings. The first kappa shape index (κ1) is 25.7. The van der Waals surface area contributed by atoms with Crippen molar-refractivity contribution in [2.24, 2.45) is 4.99 Å². The van der Waals surface area contributed by atoms with Crippen LogP contribution in [0.25, 0.3) is 0 Å². The van der Waals surface area contributed by atoms with Crippen molar-refractivity contribution >= 4 is 35.8 Å². The molecule has 0 aliphatic carbocycles. The molecule has 30 heavy (non-hydrogen) atoms. The van der Waals surface area contributed by atoms with Gasteiger partial charge in [0, 0.05) is 40.7 Å². The van der Waals surface area contributed by atoms with E-state index in [0.717, 1.165) is 18.0 Å². The number of likely N-dealkylation sites (N-methyl/N-ethyl adjacent to an activating group) is 2. The van der Waals surface area contributed by atoms with Gasteiger partial charge in [0.05, 0.1) is 6.54 Å². The van der Waals surface area contributed by atoms with Crippen LogP contribution in [0.5, 0.6) is 5.75 Å². The topological polar surface area (TPSA) is 87.9 Å². The average molecular weight is 529 g/mol. The van der Waals surface area contributed by atoms with Gasteiger partial charge in [-0.15, -0.1) is 34.2 Å². The third-order valence-electron chi connectivity index (χ3n) is 4.31. The first-order chi connectivity index (χ1) is 14.0. The number of rotatable bonds is 10.